The van der Waals surface area contributed by atoms with Crippen LogP contribution in [0.25, 0.3) is 0 Å². The Bertz CT molecular complexity index is 832. The highest BCUT2D eigenvalue weighted by atomic mass is 32.2. The largest absolute Gasteiger partial charge is 0.457 e. The number of amides is 1. The molecule has 1 amide bonds. The summed E-state index contributed by atoms with van der Waals surface area (Å²) in [5.74, 6) is 0.298. The van der Waals surface area contributed by atoms with Crippen LogP contribution >= 0.6 is 0 Å². The van der Waals surface area contributed by atoms with Gasteiger partial charge in [-0.1, -0.05) is 50.2 Å². The van der Waals surface area contributed by atoms with Crippen molar-refractivity contribution < 1.29 is 17.9 Å². The highest BCUT2D eigenvalue weighted by Crippen LogP contribution is 2.29. The van der Waals surface area contributed by atoms with Crippen molar-refractivity contribution in [1.29, 1.82) is 0 Å². The number of hydrogen-bond acceptors (Lipinski definition) is 4. The van der Waals surface area contributed by atoms with Crippen LogP contribution in [0.15, 0.2) is 54.6 Å². The Hall–Kier alpha value is -2.34. The average molecular weight is 375 g/mol. The lowest BCUT2D eigenvalue weighted by molar-refractivity contribution is -0.119. The molecule has 0 radical (unpaired) electrons. The second-order valence-electron chi connectivity index (χ2n) is 6.69. The first kappa shape index (κ1) is 20.0. The van der Waals surface area contributed by atoms with Gasteiger partial charge in [-0.05, 0) is 31.0 Å². The molecule has 0 aliphatic rings. The molecule has 0 aliphatic carbocycles. The predicted molar refractivity (Wildman–Crippen MR) is 103 cm³/mol. The van der Waals surface area contributed by atoms with Crippen molar-refractivity contribution in [3.05, 3.63) is 60.2 Å². The molecule has 0 spiro atoms. The molecule has 1 unspecified atom stereocenters. The second-order valence-corrected chi connectivity index (χ2v) is 8.80. The smallest absolute Gasteiger partial charge is 0.235 e. The third-order valence-corrected chi connectivity index (χ3v) is 5.55. The van der Waals surface area contributed by atoms with Crippen LogP contribution in [0.2, 0.25) is 0 Å². The molecule has 0 fully saturated rings. The van der Waals surface area contributed by atoms with Crippen LogP contribution in [0, 0.1) is 5.92 Å². The summed E-state index contributed by atoms with van der Waals surface area (Å²) in [6.07, 6.45) is 0. The molecule has 1 atom stereocenters. The zero-order valence-corrected chi connectivity index (χ0v) is 16.1. The van der Waals surface area contributed by atoms with Crippen LogP contribution in [0.3, 0.4) is 0 Å². The Kier molecular flexibility index (Phi) is 6.80. The van der Waals surface area contributed by atoms with E-state index in [4.69, 9.17) is 4.74 Å². The van der Waals surface area contributed by atoms with Crippen molar-refractivity contribution in [3.63, 3.8) is 0 Å². The van der Waals surface area contributed by atoms with Gasteiger partial charge in [0.2, 0.25) is 5.91 Å². The zero-order valence-electron chi connectivity index (χ0n) is 15.3. The van der Waals surface area contributed by atoms with E-state index in [0.717, 1.165) is 5.56 Å². The maximum Gasteiger partial charge on any atom is 0.235 e. The van der Waals surface area contributed by atoms with E-state index < -0.39 is 21.5 Å². The standard InChI is InChI=1S/C20H25NO4S/c1-15(2)13-26(23,24)14-20(22)21-16(3)18-11-7-8-12-19(18)25-17-9-5-4-6-10-17/h4-12,15-16H,13-14H2,1-3H3,(H,21,22). The maximum atomic E-state index is 12.2. The molecular weight excluding hydrogens is 350 g/mol. The van der Waals surface area contributed by atoms with E-state index >= 15 is 0 Å². The quantitative estimate of drug-likeness (QED) is 0.763. The summed E-state index contributed by atoms with van der Waals surface area (Å²) in [6.45, 7) is 5.44. The fourth-order valence-corrected chi connectivity index (χ4v) is 4.29. The molecule has 2 rings (SSSR count). The first-order valence-corrected chi connectivity index (χ1v) is 10.4. The van der Waals surface area contributed by atoms with E-state index in [0.29, 0.717) is 11.5 Å². The van der Waals surface area contributed by atoms with Gasteiger partial charge in [0.15, 0.2) is 9.84 Å². The van der Waals surface area contributed by atoms with E-state index in [1.165, 1.54) is 0 Å². The number of carbonyl (C=O) groups is 1. The van der Waals surface area contributed by atoms with Gasteiger partial charge in [0, 0.05) is 5.56 Å². The number of nitrogens with one attached hydrogen (secondary N) is 1. The lowest BCUT2D eigenvalue weighted by atomic mass is 10.1. The Morgan fingerprint density at radius 3 is 2.27 bits per heavy atom. The van der Waals surface area contributed by atoms with Crippen LogP contribution in [0.5, 0.6) is 11.5 Å². The SMILES string of the molecule is CC(C)CS(=O)(=O)CC(=O)NC(C)c1ccccc1Oc1ccccc1. The molecule has 6 heteroatoms. The van der Waals surface area contributed by atoms with Gasteiger partial charge in [-0.25, -0.2) is 8.42 Å². The summed E-state index contributed by atoms with van der Waals surface area (Å²) in [6, 6.07) is 16.3. The van der Waals surface area contributed by atoms with Gasteiger partial charge in [-0.2, -0.15) is 0 Å². The molecule has 2 aromatic carbocycles. The lowest BCUT2D eigenvalue weighted by Gasteiger charge is -2.18. The third kappa shape index (κ3) is 6.19. The van der Waals surface area contributed by atoms with Crippen LogP contribution < -0.4 is 10.1 Å². The molecule has 5 nitrogen and oxygen atoms in total. The number of ether oxygens (including phenoxy) is 1. The summed E-state index contributed by atoms with van der Waals surface area (Å²) >= 11 is 0. The summed E-state index contributed by atoms with van der Waals surface area (Å²) in [4.78, 5) is 12.2. The molecule has 26 heavy (non-hydrogen) atoms. The number of rotatable bonds is 8. The van der Waals surface area contributed by atoms with E-state index in [1.54, 1.807) is 6.92 Å². The maximum absolute atomic E-state index is 12.2. The summed E-state index contributed by atoms with van der Waals surface area (Å²) < 4.78 is 29.9. The highest BCUT2D eigenvalue weighted by Gasteiger charge is 2.21. The van der Waals surface area contributed by atoms with Crippen molar-refractivity contribution in [1.82, 2.24) is 5.32 Å². The second kappa shape index (κ2) is 8.85. The Labute approximate surface area is 155 Å². The summed E-state index contributed by atoms with van der Waals surface area (Å²) in [5.41, 5.74) is 0.783. The van der Waals surface area contributed by atoms with Crippen LogP contribution in [0.1, 0.15) is 32.4 Å². The third-order valence-electron chi connectivity index (χ3n) is 3.67. The first-order valence-electron chi connectivity index (χ1n) is 8.58. The Morgan fingerprint density at radius 2 is 1.62 bits per heavy atom. The first-order chi connectivity index (χ1) is 12.3. The van der Waals surface area contributed by atoms with Gasteiger partial charge >= 0.3 is 0 Å². The fraction of sp³-hybridized carbons (Fsp3) is 0.350. The van der Waals surface area contributed by atoms with E-state index in [1.807, 2.05) is 68.4 Å². The van der Waals surface area contributed by atoms with Gasteiger partial charge in [0.25, 0.3) is 0 Å². The van der Waals surface area contributed by atoms with Crippen molar-refractivity contribution in [3.8, 4) is 11.5 Å². The zero-order chi connectivity index (χ0) is 19.2. The van der Waals surface area contributed by atoms with E-state index in [-0.39, 0.29) is 17.7 Å². The van der Waals surface area contributed by atoms with Crippen LogP contribution in [0.4, 0.5) is 0 Å². The molecule has 140 valence electrons. The molecule has 2 aromatic rings. The summed E-state index contributed by atoms with van der Waals surface area (Å²) in [7, 11) is -3.41. The lowest BCUT2D eigenvalue weighted by Crippen LogP contribution is -2.34. The number of benzene rings is 2. The molecule has 0 bridgehead atoms. The van der Waals surface area contributed by atoms with Crippen molar-refractivity contribution in [2.24, 2.45) is 5.92 Å². The topological polar surface area (TPSA) is 72.5 Å². The Morgan fingerprint density at radius 1 is 1.00 bits per heavy atom. The molecule has 0 saturated carbocycles. The van der Waals surface area contributed by atoms with Gasteiger partial charge < -0.3 is 10.1 Å². The van der Waals surface area contributed by atoms with Crippen molar-refractivity contribution in [2.75, 3.05) is 11.5 Å². The van der Waals surface area contributed by atoms with E-state index in [9.17, 15) is 13.2 Å². The van der Waals surface area contributed by atoms with Gasteiger partial charge in [-0.3, -0.25) is 4.79 Å². The average Bonchev–Trinajstić information content (AvgIpc) is 2.54. The van der Waals surface area contributed by atoms with Crippen molar-refractivity contribution >= 4 is 15.7 Å². The minimum atomic E-state index is -3.41. The van der Waals surface area contributed by atoms with Crippen LogP contribution in [-0.4, -0.2) is 25.8 Å². The van der Waals surface area contributed by atoms with Crippen molar-refractivity contribution in [2.45, 2.75) is 26.8 Å². The number of hydrogen-bond donors (Lipinski definition) is 1. The number of sulfone groups is 1. The molecule has 0 heterocycles. The van der Waals surface area contributed by atoms with Gasteiger partial charge in [0.1, 0.15) is 17.3 Å². The molecular formula is C20H25NO4S. The van der Waals surface area contributed by atoms with Crippen LogP contribution in [-0.2, 0) is 14.6 Å². The fourth-order valence-electron chi connectivity index (χ4n) is 2.67. The predicted octanol–water partition coefficient (Wildman–Crippen LogP) is 3.73. The summed E-state index contributed by atoms with van der Waals surface area (Å²) in [5, 5.41) is 2.75. The Balaban J connectivity index is 2.08. The highest BCUT2D eigenvalue weighted by molar-refractivity contribution is 7.92. The molecule has 0 saturated heterocycles. The minimum absolute atomic E-state index is 0.00249. The molecule has 0 aliphatic heterocycles. The number of carbonyl (C=O) groups excluding carboxylic acids is 1. The number of para-hydroxylation sites is 2. The molecule has 1 N–H and O–H groups in total. The minimum Gasteiger partial charge on any atom is -0.457 e. The van der Waals surface area contributed by atoms with Gasteiger partial charge in [-0.15, -0.1) is 0 Å². The van der Waals surface area contributed by atoms with Gasteiger partial charge in [0.05, 0.1) is 11.8 Å². The molecule has 0 aromatic heterocycles. The monoisotopic (exact) mass is 375 g/mol. The normalized spacial score (nSPS) is 12.6. The van der Waals surface area contributed by atoms with E-state index in [2.05, 4.69) is 5.32 Å².